The molecule has 1 fully saturated rings. The molecule has 0 aromatic carbocycles. The van der Waals surface area contributed by atoms with Gasteiger partial charge in [-0.2, -0.15) is 0 Å². The summed E-state index contributed by atoms with van der Waals surface area (Å²) in [5.74, 6) is -0.188. The minimum absolute atomic E-state index is 0.00195. The van der Waals surface area contributed by atoms with Crippen LogP contribution in [0, 0.1) is 5.41 Å². The van der Waals surface area contributed by atoms with Gasteiger partial charge in [0.1, 0.15) is 5.41 Å². The summed E-state index contributed by atoms with van der Waals surface area (Å²) in [7, 11) is 0. The van der Waals surface area contributed by atoms with E-state index in [9.17, 15) is 4.79 Å². The highest BCUT2D eigenvalue weighted by atomic mass is 16.4. The van der Waals surface area contributed by atoms with Crippen LogP contribution in [0.15, 0.2) is 17.7 Å². The van der Waals surface area contributed by atoms with E-state index in [4.69, 9.17) is 10.9 Å². The Morgan fingerprint density at radius 2 is 2.33 bits per heavy atom. The molecule has 1 aromatic heterocycles. The van der Waals surface area contributed by atoms with Crippen molar-refractivity contribution in [2.75, 3.05) is 0 Å². The Morgan fingerprint density at radius 1 is 1.61 bits per heavy atom. The monoisotopic (exact) mass is 251 g/mol. The van der Waals surface area contributed by atoms with Gasteiger partial charge in [-0.3, -0.25) is 4.79 Å². The van der Waals surface area contributed by atoms with Crippen LogP contribution in [0.3, 0.4) is 0 Å². The number of aromatic nitrogens is 2. The van der Waals surface area contributed by atoms with Crippen LogP contribution in [0.1, 0.15) is 31.4 Å². The summed E-state index contributed by atoms with van der Waals surface area (Å²) < 4.78 is 0. The summed E-state index contributed by atoms with van der Waals surface area (Å²) in [6, 6.07) is 0. The zero-order chi connectivity index (χ0) is 13.0. The molecule has 0 saturated heterocycles. The average molecular weight is 251 g/mol. The third-order valence-electron chi connectivity index (χ3n) is 3.48. The molecule has 1 aliphatic carbocycles. The Balaban J connectivity index is 2.05. The van der Waals surface area contributed by atoms with E-state index in [-0.39, 0.29) is 11.7 Å². The van der Waals surface area contributed by atoms with Crippen LogP contribution in [0.2, 0.25) is 0 Å². The van der Waals surface area contributed by atoms with E-state index >= 15 is 0 Å². The summed E-state index contributed by atoms with van der Waals surface area (Å²) in [6.45, 7) is 0.360. The third-order valence-corrected chi connectivity index (χ3v) is 3.48. The van der Waals surface area contributed by atoms with E-state index in [1.54, 1.807) is 12.5 Å². The van der Waals surface area contributed by atoms with Gasteiger partial charge in [0, 0.05) is 6.20 Å². The number of H-pyrrole nitrogens is 1. The van der Waals surface area contributed by atoms with E-state index in [2.05, 4.69) is 20.4 Å². The first-order valence-electron chi connectivity index (χ1n) is 5.92. The third kappa shape index (κ3) is 2.15. The van der Waals surface area contributed by atoms with E-state index < -0.39 is 5.41 Å². The molecule has 0 bridgehead atoms. The minimum Gasteiger partial charge on any atom is -0.409 e. The lowest BCUT2D eigenvalue weighted by Crippen LogP contribution is -2.48. The van der Waals surface area contributed by atoms with Gasteiger partial charge in [-0.1, -0.05) is 18.0 Å². The molecule has 0 unspecified atom stereocenters. The fourth-order valence-electron chi connectivity index (χ4n) is 2.40. The molecule has 1 saturated carbocycles. The second-order valence-electron chi connectivity index (χ2n) is 4.53. The lowest BCUT2D eigenvalue weighted by Gasteiger charge is -2.25. The largest absolute Gasteiger partial charge is 0.409 e. The van der Waals surface area contributed by atoms with Crippen molar-refractivity contribution in [3.05, 3.63) is 18.2 Å². The van der Waals surface area contributed by atoms with Gasteiger partial charge < -0.3 is 21.2 Å². The van der Waals surface area contributed by atoms with Crippen molar-refractivity contribution in [3.8, 4) is 0 Å². The van der Waals surface area contributed by atoms with Gasteiger partial charge in [-0.05, 0) is 12.8 Å². The van der Waals surface area contributed by atoms with Gasteiger partial charge in [0.15, 0.2) is 5.84 Å². The Hall–Kier alpha value is -2.05. The highest BCUT2D eigenvalue weighted by Gasteiger charge is 2.45. The molecule has 0 radical (unpaired) electrons. The van der Waals surface area contributed by atoms with Crippen LogP contribution in [0.5, 0.6) is 0 Å². The molecule has 2 rings (SSSR count). The number of imidazole rings is 1. The average Bonchev–Trinajstić information content (AvgIpc) is 3.06. The maximum absolute atomic E-state index is 12.2. The molecule has 1 amide bonds. The SMILES string of the molecule is NC(=NO)C1(C(=O)NCc2cnc[nH]2)CCCC1. The van der Waals surface area contributed by atoms with Crippen molar-refractivity contribution in [2.24, 2.45) is 16.3 Å². The first-order chi connectivity index (χ1) is 8.69. The number of aromatic amines is 1. The van der Waals surface area contributed by atoms with E-state index in [1.807, 2.05) is 0 Å². The molecule has 0 spiro atoms. The standard InChI is InChI=1S/C11H17N5O2/c12-9(16-18)11(3-1-2-4-11)10(17)14-6-8-5-13-7-15-8/h5,7,18H,1-4,6H2,(H2,12,16)(H,13,15)(H,14,17). The predicted octanol–water partition coefficient (Wildman–Crippen LogP) is 0.333. The van der Waals surface area contributed by atoms with E-state index in [0.29, 0.717) is 19.4 Å². The van der Waals surface area contributed by atoms with Crippen LogP contribution in [-0.4, -0.2) is 26.9 Å². The maximum atomic E-state index is 12.2. The topological polar surface area (TPSA) is 116 Å². The molecular formula is C11H17N5O2. The predicted molar refractivity (Wildman–Crippen MR) is 64.7 cm³/mol. The van der Waals surface area contributed by atoms with E-state index in [1.165, 1.54) is 0 Å². The molecule has 1 heterocycles. The normalized spacial score (nSPS) is 18.8. The number of amides is 1. The highest BCUT2D eigenvalue weighted by molar-refractivity contribution is 6.06. The lowest BCUT2D eigenvalue weighted by atomic mass is 9.84. The highest BCUT2D eigenvalue weighted by Crippen LogP contribution is 2.38. The van der Waals surface area contributed by atoms with Crippen LogP contribution in [0.4, 0.5) is 0 Å². The van der Waals surface area contributed by atoms with Crippen LogP contribution in [0.25, 0.3) is 0 Å². The summed E-state index contributed by atoms with van der Waals surface area (Å²) in [5.41, 5.74) is 5.65. The van der Waals surface area contributed by atoms with Crippen molar-refractivity contribution < 1.29 is 10.0 Å². The lowest BCUT2D eigenvalue weighted by molar-refractivity contribution is -0.127. The first-order valence-corrected chi connectivity index (χ1v) is 5.92. The quantitative estimate of drug-likeness (QED) is 0.267. The van der Waals surface area contributed by atoms with Crippen LogP contribution < -0.4 is 11.1 Å². The van der Waals surface area contributed by atoms with Gasteiger partial charge in [0.2, 0.25) is 5.91 Å². The second kappa shape index (κ2) is 5.07. The Morgan fingerprint density at radius 3 is 2.89 bits per heavy atom. The van der Waals surface area contributed by atoms with Crippen LogP contribution in [-0.2, 0) is 11.3 Å². The second-order valence-corrected chi connectivity index (χ2v) is 4.53. The van der Waals surface area contributed by atoms with E-state index in [0.717, 1.165) is 18.5 Å². The minimum atomic E-state index is -0.852. The molecule has 1 aromatic rings. The number of carbonyl (C=O) groups excluding carboxylic acids is 1. The van der Waals surface area contributed by atoms with Crippen molar-refractivity contribution in [1.82, 2.24) is 15.3 Å². The molecule has 7 nitrogen and oxygen atoms in total. The molecular weight excluding hydrogens is 234 g/mol. The van der Waals surface area contributed by atoms with Crippen molar-refractivity contribution >= 4 is 11.7 Å². The summed E-state index contributed by atoms with van der Waals surface area (Å²) >= 11 is 0. The summed E-state index contributed by atoms with van der Waals surface area (Å²) in [6.07, 6.45) is 6.26. The van der Waals surface area contributed by atoms with Gasteiger partial charge in [0.05, 0.1) is 18.6 Å². The summed E-state index contributed by atoms with van der Waals surface area (Å²) in [4.78, 5) is 19.0. The Labute approximate surface area is 104 Å². The molecule has 7 heteroatoms. The number of carbonyl (C=O) groups is 1. The number of rotatable bonds is 4. The number of nitrogens with zero attached hydrogens (tertiary/aromatic N) is 2. The zero-order valence-corrected chi connectivity index (χ0v) is 10.0. The van der Waals surface area contributed by atoms with Crippen molar-refractivity contribution in [1.29, 1.82) is 0 Å². The Kier molecular flexibility index (Phi) is 3.50. The molecule has 0 aliphatic heterocycles. The fraction of sp³-hybridized carbons (Fsp3) is 0.545. The molecule has 1 aliphatic rings. The maximum Gasteiger partial charge on any atom is 0.234 e. The van der Waals surface area contributed by atoms with Gasteiger partial charge >= 0.3 is 0 Å². The van der Waals surface area contributed by atoms with Gasteiger partial charge in [-0.15, -0.1) is 0 Å². The molecule has 5 N–H and O–H groups in total. The zero-order valence-electron chi connectivity index (χ0n) is 10.0. The molecule has 98 valence electrons. The fourth-order valence-corrected chi connectivity index (χ4v) is 2.40. The number of nitrogens with two attached hydrogens (primary N) is 1. The van der Waals surface area contributed by atoms with Crippen molar-refractivity contribution in [2.45, 2.75) is 32.2 Å². The van der Waals surface area contributed by atoms with Gasteiger partial charge in [-0.25, -0.2) is 4.98 Å². The van der Waals surface area contributed by atoms with Crippen LogP contribution >= 0.6 is 0 Å². The molecule has 18 heavy (non-hydrogen) atoms. The first kappa shape index (κ1) is 12.4. The smallest absolute Gasteiger partial charge is 0.234 e. The Bertz CT molecular complexity index is 434. The number of nitrogens with one attached hydrogen (secondary N) is 2. The van der Waals surface area contributed by atoms with Crippen molar-refractivity contribution in [3.63, 3.8) is 0 Å². The summed E-state index contributed by atoms with van der Waals surface area (Å²) in [5, 5.41) is 14.7. The van der Waals surface area contributed by atoms with Gasteiger partial charge in [0.25, 0.3) is 0 Å². The number of oxime groups is 1. The number of hydrogen-bond acceptors (Lipinski definition) is 4. The number of amidine groups is 1. The molecule has 0 atom stereocenters. The number of hydrogen-bond donors (Lipinski definition) is 4.